The number of nitrogens with zero attached hydrogens (tertiary/aromatic N) is 3. The quantitative estimate of drug-likeness (QED) is 0.783. The summed E-state index contributed by atoms with van der Waals surface area (Å²) in [7, 11) is 1.58. The SMILES string of the molecule is COCc1nnc(NC(=O)c2csc(NCC3CCCO3)n2)s1. The van der Waals surface area contributed by atoms with Gasteiger partial charge in [0.05, 0.1) is 6.10 Å². The van der Waals surface area contributed by atoms with E-state index in [4.69, 9.17) is 9.47 Å². The molecule has 23 heavy (non-hydrogen) atoms. The molecule has 1 fully saturated rings. The fraction of sp³-hybridized carbons (Fsp3) is 0.538. The highest BCUT2D eigenvalue weighted by atomic mass is 32.1. The summed E-state index contributed by atoms with van der Waals surface area (Å²) < 4.78 is 10.5. The van der Waals surface area contributed by atoms with Crippen molar-refractivity contribution in [3.05, 3.63) is 16.1 Å². The average molecular weight is 355 g/mol. The second kappa shape index (κ2) is 7.77. The molecule has 0 spiro atoms. The third kappa shape index (κ3) is 4.44. The maximum Gasteiger partial charge on any atom is 0.277 e. The molecular formula is C13H17N5O3S2. The summed E-state index contributed by atoms with van der Waals surface area (Å²) in [5, 5.41) is 17.3. The summed E-state index contributed by atoms with van der Waals surface area (Å²) in [6.07, 6.45) is 2.40. The first-order valence-corrected chi connectivity index (χ1v) is 8.88. The molecule has 0 radical (unpaired) electrons. The van der Waals surface area contributed by atoms with Gasteiger partial charge in [-0.05, 0) is 12.8 Å². The monoisotopic (exact) mass is 355 g/mol. The topological polar surface area (TPSA) is 98.3 Å². The Bertz CT molecular complexity index is 654. The van der Waals surface area contributed by atoms with Crippen LogP contribution in [0.15, 0.2) is 5.38 Å². The summed E-state index contributed by atoms with van der Waals surface area (Å²) in [5.41, 5.74) is 0.355. The first kappa shape index (κ1) is 16.2. The van der Waals surface area contributed by atoms with E-state index in [9.17, 15) is 4.79 Å². The highest BCUT2D eigenvalue weighted by molar-refractivity contribution is 7.15. The van der Waals surface area contributed by atoms with E-state index in [0.29, 0.717) is 34.1 Å². The Morgan fingerprint density at radius 2 is 2.39 bits per heavy atom. The number of carbonyl (C=O) groups excluding carboxylic acids is 1. The van der Waals surface area contributed by atoms with Gasteiger partial charge in [-0.3, -0.25) is 10.1 Å². The van der Waals surface area contributed by atoms with Crippen molar-refractivity contribution in [2.24, 2.45) is 0 Å². The summed E-state index contributed by atoms with van der Waals surface area (Å²) in [4.78, 5) is 16.4. The van der Waals surface area contributed by atoms with E-state index in [1.165, 1.54) is 22.7 Å². The Hall–Kier alpha value is -1.62. The van der Waals surface area contributed by atoms with Gasteiger partial charge in [0.1, 0.15) is 17.3 Å². The van der Waals surface area contributed by atoms with E-state index < -0.39 is 0 Å². The van der Waals surface area contributed by atoms with Crippen molar-refractivity contribution in [3.63, 3.8) is 0 Å². The minimum atomic E-state index is -0.300. The van der Waals surface area contributed by atoms with Crippen LogP contribution in [0.25, 0.3) is 0 Å². The van der Waals surface area contributed by atoms with Crippen molar-refractivity contribution < 1.29 is 14.3 Å². The van der Waals surface area contributed by atoms with Crippen LogP contribution in [0.5, 0.6) is 0 Å². The van der Waals surface area contributed by atoms with E-state index in [1.54, 1.807) is 12.5 Å². The molecule has 1 aliphatic heterocycles. The van der Waals surface area contributed by atoms with Gasteiger partial charge in [0.25, 0.3) is 5.91 Å². The average Bonchev–Trinajstić information content (AvgIpc) is 3.27. The third-order valence-electron chi connectivity index (χ3n) is 3.20. The van der Waals surface area contributed by atoms with Gasteiger partial charge in [-0.25, -0.2) is 4.98 Å². The zero-order valence-corrected chi connectivity index (χ0v) is 14.2. The van der Waals surface area contributed by atoms with Crippen LogP contribution < -0.4 is 10.6 Å². The number of nitrogens with one attached hydrogen (secondary N) is 2. The van der Waals surface area contributed by atoms with Crippen LogP contribution in [0.2, 0.25) is 0 Å². The summed E-state index contributed by atoms with van der Waals surface area (Å²) in [5.74, 6) is -0.300. The van der Waals surface area contributed by atoms with Crippen LogP contribution in [0, 0.1) is 0 Å². The fourth-order valence-corrected chi connectivity index (χ4v) is 3.52. The molecule has 1 amide bonds. The van der Waals surface area contributed by atoms with Gasteiger partial charge in [0.15, 0.2) is 5.13 Å². The first-order valence-electron chi connectivity index (χ1n) is 7.18. The molecule has 1 saturated heterocycles. The maximum atomic E-state index is 12.1. The van der Waals surface area contributed by atoms with Gasteiger partial charge in [0.2, 0.25) is 5.13 Å². The molecule has 3 heterocycles. The molecule has 10 heteroatoms. The second-order valence-electron chi connectivity index (χ2n) is 4.94. The van der Waals surface area contributed by atoms with E-state index in [-0.39, 0.29) is 12.0 Å². The predicted octanol–water partition coefficient (Wildman–Crippen LogP) is 1.98. The van der Waals surface area contributed by atoms with Crippen molar-refractivity contribution in [3.8, 4) is 0 Å². The molecular weight excluding hydrogens is 338 g/mol. The highest BCUT2D eigenvalue weighted by Crippen LogP contribution is 2.20. The molecule has 3 rings (SSSR count). The molecule has 8 nitrogen and oxygen atoms in total. The minimum absolute atomic E-state index is 0.233. The molecule has 2 aromatic heterocycles. The van der Waals surface area contributed by atoms with Crippen LogP contribution in [0.4, 0.5) is 10.3 Å². The fourth-order valence-electron chi connectivity index (χ4n) is 2.11. The number of anilines is 2. The Labute approximate surface area is 141 Å². The maximum absolute atomic E-state index is 12.1. The second-order valence-corrected chi connectivity index (χ2v) is 6.86. The molecule has 0 saturated carbocycles. The largest absolute Gasteiger partial charge is 0.377 e. The molecule has 0 bridgehead atoms. The third-order valence-corrected chi connectivity index (χ3v) is 4.81. The lowest BCUT2D eigenvalue weighted by Gasteiger charge is -2.08. The van der Waals surface area contributed by atoms with Crippen molar-refractivity contribution >= 4 is 38.8 Å². The molecule has 124 valence electrons. The number of ether oxygens (including phenoxy) is 2. The van der Waals surface area contributed by atoms with Gasteiger partial charge >= 0.3 is 0 Å². The number of rotatable bonds is 7. The number of thiazole rings is 1. The summed E-state index contributed by atoms with van der Waals surface area (Å²) >= 11 is 2.67. The molecule has 2 aromatic rings. The van der Waals surface area contributed by atoms with E-state index in [2.05, 4.69) is 25.8 Å². The lowest BCUT2D eigenvalue weighted by molar-refractivity contribution is 0.102. The number of carbonyl (C=O) groups is 1. The molecule has 1 atom stereocenters. The summed E-state index contributed by atoms with van der Waals surface area (Å²) in [6.45, 7) is 1.91. The molecule has 0 aromatic carbocycles. The molecule has 2 N–H and O–H groups in total. The number of amides is 1. The standard InChI is InChI=1S/C13H17N5O3S2/c1-20-6-10-17-18-13(23-10)16-11(19)9-7-22-12(15-9)14-5-8-3-2-4-21-8/h7-8H,2-6H2,1H3,(H,14,15)(H,16,18,19). The lowest BCUT2D eigenvalue weighted by Crippen LogP contribution is -2.18. The van der Waals surface area contributed by atoms with Crippen molar-refractivity contribution in [2.45, 2.75) is 25.6 Å². The molecule has 0 aliphatic carbocycles. The van der Waals surface area contributed by atoms with Gasteiger partial charge in [-0.15, -0.1) is 21.5 Å². The highest BCUT2D eigenvalue weighted by Gasteiger charge is 2.17. The molecule has 1 unspecified atom stereocenters. The van der Waals surface area contributed by atoms with E-state index >= 15 is 0 Å². The van der Waals surface area contributed by atoms with Gasteiger partial charge < -0.3 is 14.8 Å². The van der Waals surface area contributed by atoms with Crippen molar-refractivity contribution in [1.82, 2.24) is 15.2 Å². The zero-order chi connectivity index (χ0) is 16.1. The zero-order valence-electron chi connectivity index (χ0n) is 12.6. The normalized spacial score (nSPS) is 17.3. The first-order chi connectivity index (χ1) is 11.2. The lowest BCUT2D eigenvalue weighted by atomic mass is 10.2. The van der Waals surface area contributed by atoms with Crippen LogP contribution >= 0.6 is 22.7 Å². The van der Waals surface area contributed by atoms with Crippen LogP contribution in [0.1, 0.15) is 28.3 Å². The number of aromatic nitrogens is 3. The van der Waals surface area contributed by atoms with Gasteiger partial charge in [0, 0.05) is 25.6 Å². The van der Waals surface area contributed by atoms with Crippen LogP contribution in [-0.4, -0.2) is 47.5 Å². The Morgan fingerprint density at radius 1 is 1.48 bits per heavy atom. The van der Waals surface area contributed by atoms with Crippen molar-refractivity contribution in [2.75, 3.05) is 30.9 Å². The van der Waals surface area contributed by atoms with Crippen molar-refractivity contribution in [1.29, 1.82) is 0 Å². The van der Waals surface area contributed by atoms with Gasteiger partial charge in [-0.2, -0.15) is 0 Å². The van der Waals surface area contributed by atoms with Gasteiger partial charge in [-0.1, -0.05) is 11.3 Å². The number of hydrogen-bond donors (Lipinski definition) is 2. The van der Waals surface area contributed by atoms with Crippen LogP contribution in [0.3, 0.4) is 0 Å². The minimum Gasteiger partial charge on any atom is -0.377 e. The Morgan fingerprint density at radius 3 is 3.17 bits per heavy atom. The number of hydrogen-bond acceptors (Lipinski definition) is 9. The Balaban J connectivity index is 1.52. The summed E-state index contributed by atoms with van der Waals surface area (Å²) in [6, 6.07) is 0. The van der Waals surface area contributed by atoms with E-state index in [0.717, 1.165) is 19.4 Å². The Kier molecular flexibility index (Phi) is 5.49. The smallest absolute Gasteiger partial charge is 0.277 e. The van der Waals surface area contributed by atoms with Crippen LogP contribution in [-0.2, 0) is 16.1 Å². The molecule has 1 aliphatic rings. The van der Waals surface area contributed by atoms with E-state index in [1.807, 2.05) is 0 Å². The number of methoxy groups -OCH3 is 1. The predicted molar refractivity (Wildman–Crippen MR) is 88.2 cm³/mol.